The molecule has 9 heteroatoms. The molecule has 2 bridgehead atoms. The number of ether oxygens (including phenoxy) is 2. The number of amides is 2. The summed E-state index contributed by atoms with van der Waals surface area (Å²) in [5, 5.41) is 2.22. The third-order valence-electron chi connectivity index (χ3n) is 12.8. The number of unbranched alkanes of at least 4 members (excludes halogenated alkanes) is 2. The third-order valence-corrected chi connectivity index (χ3v) is 12.8. The van der Waals surface area contributed by atoms with E-state index in [1.807, 2.05) is 0 Å². The van der Waals surface area contributed by atoms with Crippen molar-refractivity contribution < 1.29 is 34.0 Å². The fourth-order valence-electron chi connectivity index (χ4n) is 11.2. The van der Waals surface area contributed by atoms with Gasteiger partial charge in [-0.1, -0.05) is 26.7 Å². The number of nitrogens with zero attached hydrogens (tertiary/aromatic N) is 1. The van der Waals surface area contributed by atoms with E-state index in [0.29, 0.717) is 23.5 Å². The molecule has 3 unspecified atom stereocenters. The fraction of sp³-hybridized carbons (Fsp3) is 0.622. The molecule has 46 heavy (non-hydrogen) atoms. The van der Waals surface area contributed by atoms with E-state index in [1.165, 1.54) is 17.1 Å². The molecule has 5 aliphatic carbocycles. The predicted molar refractivity (Wildman–Crippen MR) is 167 cm³/mol. The molecular formula is C37H46N3O6+. The third kappa shape index (κ3) is 4.06. The Kier molecular flexibility index (Phi) is 7.29. The maximum atomic E-state index is 14.4. The van der Waals surface area contributed by atoms with Gasteiger partial charge in [0.1, 0.15) is 17.7 Å². The zero-order valence-corrected chi connectivity index (χ0v) is 27.0. The van der Waals surface area contributed by atoms with Crippen molar-refractivity contribution in [3.05, 3.63) is 58.1 Å². The van der Waals surface area contributed by atoms with E-state index in [4.69, 9.17) is 15.2 Å². The number of allylic oxidation sites excluding steroid dienone is 4. The van der Waals surface area contributed by atoms with Crippen molar-refractivity contribution in [2.45, 2.75) is 96.7 Å². The van der Waals surface area contributed by atoms with Crippen LogP contribution in [0, 0.1) is 40.9 Å². The average molecular weight is 629 g/mol. The van der Waals surface area contributed by atoms with Gasteiger partial charge in [0.05, 0.1) is 17.5 Å². The van der Waals surface area contributed by atoms with Gasteiger partial charge in [0.15, 0.2) is 0 Å². The first-order valence-corrected chi connectivity index (χ1v) is 17.8. The summed E-state index contributed by atoms with van der Waals surface area (Å²) in [6.07, 6.45) is 16.0. The number of carbonyl (C=O) groups excluding carboxylic acids is 4. The van der Waals surface area contributed by atoms with Gasteiger partial charge in [0.2, 0.25) is 0 Å². The Morgan fingerprint density at radius 1 is 0.913 bits per heavy atom. The van der Waals surface area contributed by atoms with Crippen LogP contribution in [0.2, 0.25) is 0 Å². The molecule has 0 aromatic rings. The molecule has 2 saturated heterocycles. The Morgan fingerprint density at radius 3 is 2.43 bits per heavy atom. The van der Waals surface area contributed by atoms with Crippen molar-refractivity contribution in [3.8, 4) is 0 Å². The summed E-state index contributed by atoms with van der Waals surface area (Å²) in [5.74, 6) is 0.469. The number of hydrogen-bond acceptors (Lipinski definition) is 7. The van der Waals surface area contributed by atoms with Crippen LogP contribution in [0.4, 0.5) is 0 Å². The molecule has 2 amide bonds. The summed E-state index contributed by atoms with van der Waals surface area (Å²) in [4.78, 5) is 56.2. The molecule has 0 aromatic carbocycles. The van der Waals surface area contributed by atoms with Crippen LogP contribution in [0.3, 0.4) is 0 Å². The van der Waals surface area contributed by atoms with Crippen molar-refractivity contribution in [1.29, 1.82) is 0 Å². The first-order chi connectivity index (χ1) is 22.3. The summed E-state index contributed by atoms with van der Waals surface area (Å²) in [5.41, 5.74) is 9.59. The minimum absolute atomic E-state index is 0.0552. The van der Waals surface area contributed by atoms with Crippen LogP contribution >= 0.6 is 0 Å². The zero-order valence-electron chi connectivity index (χ0n) is 27.0. The fourth-order valence-corrected chi connectivity index (χ4v) is 11.2. The Bertz CT molecular complexity index is 1550. The molecular weight excluding hydrogens is 582 g/mol. The molecule has 2 saturated carbocycles. The molecule has 9 atom stereocenters. The lowest BCUT2D eigenvalue weighted by Crippen LogP contribution is -2.97. The second-order valence-corrected chi connectivity index (χ2v) is 14.8. The topological polar surface area (TPSA) is 133 Å². The lowest BCUT2D eigenvalue weighted by Gasteiger charge is -2.60. The summed E-state index contributed by atoms with van der Waals surface area (Å²) in [6.45, 7) is 5.10. The van der Waals surface area contributed by atoms with Crippen molar-refractivity contribution in [2.75, 3.05) is 6.54 Å². The molecule has 244 valence electrons. The SMILES string of the molecule is CCCC=C1OC(=O)C2=C1CC[C@@H]1[C@@H]2[C@]23CC[C@H]1C([C@@H]1C4CC[NH2+]C(N)C4CC[C@@H]1N1C(=O)C=CC1=O)=C2C(=O)OC3=CCCC. The first kappa shape index (κ1) is 30.1. The summed E-state index contributed by atoms with van der Waals surface area (Å²) in [7, 11) is 0. The standard InChI is InChI=1S/C37H45N3O6/c1-3-5-7-25-23-10-9-21-19-15-17-37(32(21)31(23)35(43)45-25)26(8-6-4-2)46-36(44)33(37)30(19)29-20-16-18-39-34(38)22(20)11-12-24(29)40-27(41)13-14-28(40)42/h7-8,13-14,19-22,24,29,32,34,39H,3-6,9-12,15-18,38H2,1-2H3/p+1/t19-,20?,21+,22?,24+,29-,32+,34?,37-/m1/s1. The van der Waals surface area contributed by atoms with Gasteiger partial charge in [0.25, 0.3) is 11.8 Å². The normalized spacial score (nSPS) is 41.3. The van der Waals surface area contributed by atoms with Crippen LogP contribution in [0.5, 0.6) is 0 Å². The highest BCUT2D eigenvalue weighted by Gasteiger charge is 2.70. The number of nitrogens with two attached hydrogens (primary N) is 2. The number of imide groups is 1. The van der Waals surface area contributed by atoms with Crippen LogP contribution in [-0.2, 0) is 28.7 Å². The highest BCUT2D eigenvalue weighted by atomic mass is 16.5. The molecule has 0 radical (unpaired) electrons. The van der Waals surface area contributed by atoms with Crippen molar-refractivity contribution in [2.24, 2.45) is 46.7 Å². The van der Waals surface area contributed by atoms with E-state index < -0.39 is 5.41 Å². The number of cyclic esters (lactones) is 2. The Morgan fingerprint density at radius 2 is 1.67 bits per heavy atom. The number of carbonyl (C=O) groups is 4. The van der Waals surface area contributed by atoms with Gasteiger partial charge >= 0.3 is 11.9 Å². The lowest BCUT2D eigenvalue weighted by molar-refractivity contribution is -0.708. The number of piperidine rings is 1. The van der Waals surface area contributed by atoms with E-state index in [1.54, 1.807) is 0 Å². The molecule has 4 N–H and O–H groups in total. The second-order valence-electron chi connectivity index (χ2n) is 14.8. The van der Waals surface area contributed by atoms with Gasteiger partial charge in [-0.2, -0.15) is 0 Å². The molecule has 0 aromatic heterocycles. The zero-order chi connectivity index (χ0) is 31.9. The Balaban J connectivity index is 1.35. The number of fused-ring (bicyclic) bond motifs is 2. The van der Waals surface area contributed by atoms with Crippen LogP contribution < -0.4 is 11.1 Å². The number of rotatable bonds is 6. The molecule has 1 spiro atoms. The minimum Gasteiger partial charge on any atom is -0.427 e. The molecule has 9 nitrogen and oxygen atoms in total. The van der Waals surface area contributed by atoms with E-state index in [0.717, 1.165) is 87.5 Å². The van der Waals surface area contributed by atoms with E-state index >= 15 is 0 Å². The van der Waals surface area contributed by atoms with Gasteiger partial charge in [-0.25, -0.2) is 9.59 Å². The number of quaternary nitrogens is 1. The number of hydrogen-bond donors (Lipinski definition) is 2. The van der Waals surface area contributed by atoms with Crippen LogP contribution in [0.1, 0.15) is 84.5 Å². The van der Waals surface area contributed by atoms with Crippen LogP contribution in [-0.4, -0.2) is 47.4 Å². The monoisotopic (exact) mass is 628 g/mol. The van der Waals surface area contributed by atoms with Gasteiger partial charge in [-0.15, -0.1) is 0 Å². The van der Waals surface area contributed by atoms with Gasteiger partial charge < -0.3 is 14.8 Å². The summed E-state index contributed by atoms with van der Waals surface area (Å²) >= 11 is 0. The molecule has 4 heterocycles. The molecule has 4 fully saturated rings. The van der Waals surface area contributed by atoms with Crippen molar-refractivity contribution in [1.82, 2.24) is 4.90 Å². The van der Waals surface area contributed by atoms with Gasteiger partial charge in [-0.05, 0) is 86.8 Å². The van der Waals surface area contributed by atoms with Crippen molar-refractivity contribution >= 4 is 23.8 Å². The Hall–Kier alpha value is -3.30. The summed E-state index contributed by atoms with van der Waals surface area (Å²) in [6, 6.07) is -0.339. The van der Waals surface area contributed by atoms with Crippen molar-refractivity contribution in [3.63, 3.8) is 0 Å². The van der Waals surface area contributed by atoms with Gasteiger partial charge in [-0.3, -0.25) is 20.2 Å². The maximum Gasteiger partial charge on any atom is 0.340 e. The predicted octanol–water partition coefficient (Wildman–Crippen LogP) is 3.69. The molecule has 4 aliphatic heterocycles. The summed E-state index contributed by atoms with van der Waals surface area (Å²) < 4.78 is 12.3. The second kappa shape index (κ2) is 11.2. The smallest absolute Gasteiger partial charge is 0.340 e. The van der Waals surface area contributed by atoms with Crippen LogP contribution in [0.15, 0.2) is 58.1 Å². The Labute approximate surface area is 270 Å². The number of esters is 2. The van der Waals surface area contributed by atoms with E-state index in [9.17, 15) is 19.2 Å². The highest BCUT2D eigenvalue weighted by Crippen LogP contribution is 2.72. The van der Waals surface area contributed by atoms with E-state index in [-0.39, 0.29) is 71.5 Å². The van der Waals surface area contributed by atoms with Gasteiger partial charge in [0, 0.05) is 53.5 Å². The van der Waals surface area contributed by atoms with E-state index in [2.05, 4.69) is 31.3 Å². The maximum absolute atomic E-state index is 14.4. The average Bonchev–Trinajstić information content (AvgIpc) is 3.68. The minimum atomic E-state index is -0.751. The van der Waals surface area contributed by atoms with Crippen LogP contribution in [0.25, 0.3) is 0 Å². The first-order valence-electron chi connectivity index (χ1n) is 17.8. The molecule has 9 aliphatic rings. The largest absolute Gasteiger partial charge is 0.427 e. The quantitative estimate of drug-likeness (QED) is 0.339. The highest BCUT2D eigenvalue weighted by molar-refractivity contribution is 6.13. The molecule has 9 rings (SSSR count). The lowest BCUT2D eigenvalue weighted by atomic mass is 9.42.